The van der Waals surface area contributed by atoms with Crippen LogP contribution >= 0.6 is 0 Å². The Labute approximate surface area is 490 Å². The van der Waals surface area contributed by atoms with Crippen LogP contribution in [0.5, 0.6) is 0 Å². The third-order valence-electron chi connectivity index (χ3n) is 13.5. The Balaban J connectivity index is 2.52. The van der Waals surface area contributed by atoms with E-state index in [4.69, 9.17) is 28.7 Å². The van der Waals surface area contributed by atoms with Gasteiger partial charge in [-0.15, -0.1) is 0 Å². The minimum Gasteiger partial charge on any atom is -0.481 e. The standard InChI is InChI=1S/C55H92N16O13/c1-29(2)25-37(67-48(78)38(26-30(3)4)69-51(81)43(56)31(5)6)47(77)66-36(20-21-42(73)74)52(82)71-24-14-19-40(71)50(80)68-39(27-33-15-10-9-11-16-33)49(79)65-35(18-13-23-62-55(59)60)46(76)64-34(17-12-22-61-54(57)58)45(75)63-28-41(72)70-44(32(7)8)53(83)84/h9-11,15-16,29-32,34-40,43-44H,12-14,17-28,56H2,1-8H3,(H,63,75)(H,64,76)(H,65,79)(H,66,77)(H,67,78)(H,68,80)(H,69,81)(H,70,72)(H,73,74)(H,83,84)(H4,57,58,61)(H4,59,60,62)/t34-,35-,36-,37-,38-,39-,40-,43-,44-/m0/s1. The molecule has 9 amide bonds. The number of aliphatic imine (C=N–C) groups is 2. The van der Waals surface area contributed by atoms with E-state index in [1.54, 1.807) is 71.9 Å². The lowest BCUT2D eigenvalue weighted by atomic mass is 9.98. The van der Waals surface area contributed by atoms with Crippen LogP contribution in [0.1, 0.15) is 125 Å². The zero-order valence-electron chi connectivity index (χ0n) is 49.6. The highest BCUT2D eigenvalue weighted by atomic mass is 16.4. The maximum atomic E-state index is 14.6. The predicted octanol–water partition coefficient (Wildman–Crippen LogP) is -2.48. The van der Waals surface area contributed by atoms with Crippen LogP contribution in [0, 0.1) is 23.7 Å². The maximum Gasteiger partial charge on any atom is 0.326 e. The first kappa shape index (κ1) is 72.0. The van der Waals surface area contributed by atoms with Crippen LogP contribution in [-0.2, 0) is 59.2 Å². The van der Waals surface area contributed by atoms with E-state index in [2.05, 4.69) is 52.5 Å². The lowest BCUT2D eigenvalue weighted by Crippen LogP contribution is -2.60. The number of guanidine groups is 2. The maximum absolute atomic E-state index is 14.6. The van der Waals surface area contributed by atoms with Gasteiger partial charge in [-0.1, -0.05) is 85.7 Å². The van der Waals surface area contributed by atoms with Crippen LogP contribution in [0.15, 0.2) is 40.3 Å². The number of carboxylic acids is 2. The van der Waals surface area contributed by atoms with Gasteiger partial charge in [0, 0.05) is 32.5 Å². The van der Waals surface area contributed by atoms with Crippen LogP contribution in [0.3, 0.4) is 0 Å². The predicted molar refractivity (Wildman–Crippen MR) is 312 cm³/mol. The summed E-state index contributed by atoms with van der Waals surface area (Å²) >= 11 is 0. The summed E-state index contributed by atoms with van der Waals surface area (Å²) in [6.45, 7) is 13.4. The second-order valence-corrected chi connectivity index (χ2v) is 22.5. The lowest BCUT2D eigenvalue weighted by molar-refractivity contribution is -0.144. The summed E-state index contributed by atoms with van der Waals surface area (Å²) in [6.07, 6.45) is -0.390. The molecule has 0 saturated carbocycles. The van der Waals surface area contributed by atoms with Crippen molar-refractivity contribution in [3.63, 3.8) is 0 Å². The molecule has 1 aromatic rings. The topological polar surface area (TPSA) is 483 Å². The number of carbonyl (C=O) groups excluding carboxylic acids is 9. The Morgan fingerprint density at radius 1 is 0.583 bits per heavy atom. The summed E-state index contributed by atoms with van der Waals surface area (Å²) in [5.74, 6) is -11.1. The number of carbonyl (C=O) groups is 11. The van der Waals surface area contributed by atoms with E-state index >= 15 is 0 Å². The quantitative estimate of drug-likeness (QED) is 0.0186. The first-order valence-electron chi connectivity index (χ1n) is 28.5. The highest BCUT2D eigenvalue weighted by Crippen LogP contribution is 2.21. The van der Waals surface area contributed by atoms with E-state index in [1.165, 1.54) is 4.90 Å². The van der Waals surface area contributed by atoms with Gasteiger partial charge in [0.25, 0.3) is 0 Å². The van der Waals surface area contributed by atoms with Crippen LogP contribution in [0.25, 0.3) is 0 Å². The summed E-state index contributed by atoms with van der Waals surface area (Å²) in [4.78, 5) is 158. The molecule has 0 aromatic heterocycles. The molecule has 0 aliphatic carbocycles. The van der Waals surface area contributed by atoms with Gasteiger partial charge in [-0.3, -0.25) is 57.9 Å². The number of aliphatic carboxylic acids is 2. The van der Waals surface area contributed by atoms with E-state index in [9.17, 15) is 63.0 Å². The summed E-state index contributed by atoms with van der Waals surface area (Å²) < 4.78 is 0. The minimum absolute atomic E-state index is 0.00260. The molecule has 0 radical (unpaired) electrons. The second kappa shape index (κ2) is 36.5. The molecule has 1 saturated heterocycles. The Morgan fingerprint density at radius 2 is 1.06 bits per heavy atom. The molecule has 20 N–H and O–H groups in total. The molecule has 9 atom stereocenters. The molecule has 1 aliphatic heterocycles. The summed E-state index contributed by atoms with van der Waals surface area (Å²) in [5.41, 5.74) is 28.7. The van der Waals surface area contributed by atoms with Crippen molar-refractivity contribution in [2.24, 2.45) is 62.3 Å². The zero-order chi connectivity index (χ0) is 63.4. The number of nitrogens with zero attached hydrogens (tertiary/aromatic N) is 3. The summed E-state index contributed by atoms with van der Waals surface area (Å²) in [6, 6.07) is -2.91. The number of rotatable bonds is 37. The van der Waals surface area contributed by atoms with E-state index in [0.717, 1.165) is 0 Å². The van der Waals surface area contributed by atoms with Gasteiger partial charge in [0.05, 0.1) is 12.6 Å². The number of benzene rings is 1. The first-order chi connectivity index (χ1) is 39.4. The monoisotopic (exact) mass is 1180 g/mol. The smallest absolute Gasteiger partial charge is 0.326 e. The molecule has 1 aromatic carbocycles. The van der Waals surface area contributed by atoms with E-state index in [-0.39, 0.29) is 101 Å². The Hall–Kier alpha value is -8.11. The van der Waals surface area contributed by atoms with Crippen molar-refractivity contribution in [1.29, 1.82) is 0 Å². The summed E-state index contributed by atoms with van der Waals surface area (Å²) in [7, 11) is 0. The molecule has 0 unspecified atom stereocenters. The van der Waals surface area contributed by atoms with E-state index < -0.39 is 145 Å². The first-order valence-corrected chi connectivity index (χ1v) is 28.5. The van der Waals surface area contributed by atoms with Crippen molar-refractivity contribution < 1.29 is 63.0 Å². The number of hydrogen-bond donors (Lipinski definition) is 15. The second-order valence-electron chi connectivity index (χ2n) is 22.5. The highest BCUT2D eigenvalue weighted by Gasteiger charge is 2.41. The van der Waals surface area contributed by atoms with Gasteiger partial charge < -0.3 is 86.3 Å². The number of hydrogen-bond acceptors (Lipinski definition) is 14. The van der Waals surface area contributed by atoms with Gasteiger partial charge in [-0.05, 0) is 87.0 Å². The molecule has 1 fully saturated rings. The number of amides is 9. The fourth-order valence-electron chi connectivity index (χ4n) is 8.99. The van der Waals surface area contributed by atoms with E-state index in [1.807, 2.05) is 13.8 Å². The van der Waals surface area contributed by atoms with Gasteiger partial charge in [0.1, 0.15) is 48.3 Å². The van der Waals surface area contributed by atoms with Gasteiger partial charge >= 0.3 is 11.9 Å². The molecule has 1 heterocycles. The third kappa shape index (κ3) is 26.4. The molecule has 470 valence electrons. The highest BCUT2D eigenvalue weighted by molar-refractivity contribution is 5.98. The average Bonchev–Trinajstić information content (AvgIpc) is 4.13. The van der Waals surface area contributed by atoms with E-state index in [0.29, 0.717) is 12.0 Å². The van der Waals surface area contributed by atoms with Crippen LogP contribution in [-0.4, -0.2) is 173 Å². The van der Waals surface area contributed by atoms with Crippen molar-refractivity contribution in [3.05, 3.63) is 35.9 Å². The van der Waals surface area contributed by atoms with Gasteiger partial charge in [0.2, 0.25) is 53.2 Å². The fraction of sp³-hybridized carbons (Fsp3) is 0.655. The summed E-state index contributed by atoms with van der Waals surface area (Å²) in [5, 5.41) is 40.1. The van der Waals surface area contributed by atoms with Gasteiger partial charge in [-0.25, -0.2) is 4.79 Å². The van der Waals surface area contributed by atoms with Crippen molar-refractivity contribution in [2.75, 3.05) is 26.2 Å². The number of nitrogens with two attached hydrogens (primary N) is 5. The van der Waals surface area contributed by atoms with Gasteiger partial charge in [-0.2, -0.15) is 0 Å². The Morgan fingerprint density at radius 3 is 1.54 bits per heavy atom. The van der Waals surface area contributed by atoms with Crippen LogP contribution in [0.2, 0.25) is 0 Å². The molecule has 2 rings (SSSR count). The normalized spacial score (nSPS) is 15.9. The number of likely N-dealkylation sites (tertiary alicyclic amines) is 1. The zero-order valence-corrected chi connectivity index (χ0v) is 49.6. The molecule has 1 aliphatic rings. The molecule has 29 heteroatoms. The fourth-order valence-corrected chi connectivity index (χ4v) is 8.99. The van der Waals surface area contributed by atoms with Crippen LogP contribution < -0.4 is 71.2 Å². The Bertz CT molecular complexity index is 2450. The number of nitrogens with one attached hydrogen (secondary N) is 8. The lowest BCUT2D eigenvalue weighted by Gasteiger charge is -2.31. The molecular formula is C55H92N16O13. The van der Waals surface area contributed by atoms with Crippen molar-refractivity contribution in [2.45, 2.75) is 180 Å². The van der Waals surface area contributed by atoms with Crippen molar-refractivity contribution >= 4 is 77.0 Å². The molecule has 0 spiro atoms. The molecule has 0 bridgehead atoms. The average molecular weight is 1190 g/mol. The SMILES string of the molecule is CC(C)C[C@H](NC(=O)[C@H](CC(C)C)NC(=O)[C@@H](N)C(C)C)C(=O)N[C@@H](CCC(=O)O)C(=O)N1CCC[C@H]1C(=O)N[C@@H](Cc1ccccc1)C(=O)N[C@@H](CCCN=C(N)N)C(=O)N[C@@H](CCCN=C(N)N)C(=O)NCC(=O)N[C@H](C(=O)O)C(C)C. The van der Waals surface area contributed by atoms with Gasteiger partial charge in [0.15, 0.2) is 11.9 Å². The van der Waals surface area contributed by atoms with Crippen LogP contribution in [0.4, 0.5) is 0 Å². The Kier molecular flexibility index (Phi) is 31.3. The largest absolute Gasteiger partial charge is 0.481 e. The minimum atomic E-state index is -1.51. The number of carboxylic acid groups (broad SMARTS) is 2. The third-order valence-corrected chi connectivity index (χ3v) is 13.5. The van der Waals surface area contributed by atoms with Crippen molar-refractivity contribution in [1.82, 2.24) is 47.4 Å². The molecule has 84 heavy (non-hydrogen) atoms. The molecule has 29 nitrogen and oxygen atoms in total. The van der Waals surface area contributed by atoms with Crippen molar-refractivity contribution in [3.8, 4) is 0 Å². The molecular weight excluding hydrogens is 1090 g/mol.